The number of hydrogen-bond donors (Lipinski definition) is 6. The Kier molecular flexibility index (Phi) is 18.8. The minimum atomic E-state index is 0.498. The standard InChI is InChI=1S/2C9H11NO2.C8H9N3O.2C8H9N3.2C8H10N2O2/c1-6-3-4-7(11-2)9-8(6)10-5-12-9;1-10-6-12-9-7(10)4-3-5-8(9)11-2;1-5-3-9-8(12-2)7-6(5)10-4-11-7;1-5-2-3-6(9)8-7(5)10-4-11-8;1-11-5-10-8-6(9)3-2-4-7(8)11;1-5-3-9-8(11-2)7-6(5)10-4-12-7;1-10-5-12-7-6(10)3-4-9-8(7)11-2/h3-4,10H,5H2,1-2H3;3-5H,6H2,1-2H3;3-4H,1-2H3,(H,10,11);2-4H,9H2,1H3,(H,10,11);2-5H,9H2,1H3;3,10H,4H2,1-2H3;3-4H,5H2,1-2H3. The number of nitrogens with one attached hydrogen (secondary N) is 4. The normalized spacial score (nSPS) is 12.3. The lowest BCUT2D eigenvalue weighted by Gasteiger charge is -2.07. The molecule has 4 aromatic carbocycles. The van der Waals surface area contributed by atoms with Gasteiger partial charge in [0.25, 0.3) is 11.8 Å². The molecule has 24 heteroatoms. The summed E-state index contributed by atoms with van der Waals surface area (Å²) in [4.78, 5) is 34.7. The lowest BCUT2D eigenvalue weighted by atomic mass is 10.2. The second kappa shape index (κ2) is 26.6. The van der Waals surface area contributed by atoms with Crippen molar-refractivity contribution in [1.29, 1.82) is 0 Å². The number of pyridine rings is 3. The number of para-hydroxylation sites is 2. The average molecular weight is 1120 g/mol. The van der Waals surface area contributed by atoms with E-state index in [0.29, 0.717) is 44.6 Å². The van der Waals surface area contributed by atoms with Gasteiger partial charge in [-0.05, 0) is 92.4 Å². The van der Waals surface area contributed by atoms with Crippen LogP contribution in [0.1, 0.15) is 22.3 Å². The van der Waals surface area contributed by atoms with Gasteiger partial charge in [0.2, 0.25) is 17.4 Å². The smallest absolute Gasteiger partial charge is 0.259 e. The number of fused-ring (bicyclic) bond motifs is 7. The van der Waals surface area contributed by atoms with Gasteiger partial charge in [-0.2, -0.15) is 0 Å². The number of ether oxygens (including phenoxy) is 9. The van der Waals surface area contributed by atoms with Gasteiger partial charge >= 0.3 is 0 Å². The molecule has 0 amide bonds. The number of aryl methyl sites for hydroxylation is 5. The van der Waals surface area contributed by atoms with Crippen molar-refractivity contribution in [3.63, 3.8) is 0 Å². The minimum absolute atomic E-state index is 0.498. The first-order valence-electron chi connectivity index (χ1n) is 25.7. The number of aromatic amines is 2. The third kappa shape index (κ3) is 12.8. The van der Waals surface area contributed by atoms with Crippen molar-refractivity contribution in [2.75, 3.05) is 108 Å². The SMILES string of the molecule is COc1ccc(C)c2c1OCN2.COc1cccc2c1OCN2C.COc1ncc(C)c2c1OCN2.COc1ncc(C)c2nc[nH]c12.COc1nccc2c1OCN2C.Cc1ccc(N)c2[nH]cnc12.Cn1cnc2c(N)cccc21. The zero-order valence-corrected chi connectivity index (χ0v) is 48.0. The van der Waals surface area contributed by atoms with E-state index in [9.17, 15) is 0 Å². The molecule has 0 atom stereocenters. The van der Waals surface area contributed by atoms with Gasteiger partial charge in [0.05, 0.1) is 111 Å². The van der Waals surface area contributed by atoms with Crippen molar-refractivity contribution < 1.29 is 42.6 Å². The summed E-state index contributed by atoms with van der Waals surface area (Å²) in [7, 11) is 14.0. The van der Waals surface area contributed by atoms with Crippen LogP contribution in [-0.4, -0.2) is 121 Å². The van der Waals surface area contributed by atoms with Gasteiger partial charge in [-0.15, -0.1) is 0 Å². The first-order chi connectivity index (χ1) is 39.7. The highest BCUT2D eigenvalue weighted by atomic mass is 16.5. The first-order valence-corrected chi connectivity index (χ1v) is 25.7. The average Bonchev–Trinajstić information content (AvgIpc) is 4.49. The van der Waals surface area contributed by atoms with Crippen LogP contribution in [0.4, 0.5) is 34.1 Å². The number of H-pyrrole nitrogens is 2. The Bertz CT molecular complexity index is 3600. The van der Waals surface area contributed by atoms with Crippen LogP contribution in [0.3, 0.4) is 0 Å². The van der Waals surface area contributed by atoms with E-state index in [4.69, 9.17) is 54.1 Å². The van der Waals surface area contributed by atoms with Crippen molar-refractivity contribution in [2.45, 2.75) is 27.7 Å². The zero-order valence-electron chi connectivity index (χ0n) is 48.0. The third-order valence-corrected chi connectivity index (χ3v) is 13.1. The molecule has 14 rings (SSSR count). The molecule has 430 valence electrons. The highest BCUT2D eigenvalue weighted by molar-refractivity contribution is 5.89. The van der Waals surface area contributed by atoms with Crippen LogP contribution in [0.2, 0.25) is 0 Å². The van der Waals surface area contributed by atoms with E-state index in [2.05, 4.69) is 50.5 Å². The molecule has 0 spiro atoms. The maximum absolute atomic E-state index is 5.70. The Morgan fingerprint density at radius 3 is 1.72 bits per heavy atom. The van der Waals surface area contributed by atoms with Crippen LogP contribution in [0, 0.1) is 27.7 Å². The Labute approximate surface area is 474 Å². The topological polar surface area (TPSA) is 280 Å². The molecule has 0 unspecified atom stereocenters. The van der Waals surface area contributed by atoms with E-state index in [1.165, 1.54) is 5.56 Å². The van der Waals surface area contributed by atoms with Crippen LogP contribution >= 0.6 is 0 Å². The number of hydrogen-bond acceptors (Lipinski definition) is 21. The van der Waals surface area contributed by atoms with Crippen molar-refractivity contribution in [2.24, 2.45) is 7.05 Å². The number of nitrogens with zero attached hydrogens (tertiary/aromatic N) is 9. The number of anilines is 6. The first kappa shape index (κ1) is 57.9. The Hall–Kier alpha value is -10.3. The Balaban J connectivity index is 0.000000125. The van der Waals surface area contributed by atoms with Gasteiger partial charge in [0.1, 0.15) is 11.0 Å². The molecule has 0 aliphatic carbocycles. The van der Waals surface area contributed by atoms with E-state index >= 15 is 0 Å². The van der Waals surface area contributed by atoms with Crippen LogP contribution in [0.25, 0.3) is 33.1 Å². The number of imidazole rings is 3. The van der Waals surface area contributed by atoms with Crippen LogP contribution in [-0.2, 0) is 7.05 Å². The second-order valence-corrected chi connectivity index (χ2v) is 18.5. The zero-order chi connectivity index (χ0) is 58.5. The van der Waals surface area contributed by atoms with E-state index in [1.807, 2.05) is 130 Å². The van der Waals surface area contributed by atoms with Crippen LogP contribution in [0.5, 0.6) is 52.1 Å². The summed E-state index contributed by atoms with van der Waals surface area (Å²) in [5.74, 6) is 6.42. The molecule has 10 aromatic rings. The van der Waals surface area contributed by atoms with Gasteiger partial charge in [-0.3, -0.25) is 0 Å². The Morgan fingerprint density at radius 1 is 0.476 bits per heavy atom. The van der Waals surface area contributed by atoms with Crippen molar-refractivity contribution in [3.8, 4) is 52.1 Å². The fraction of sp³-hybridized carbons (Fsp3) is 0.276. The number of nitrogen functional groups attached to an aromatic ring is 2. The van der Waals surface area contributed by atoms with Gasteiger partial charge in [0, 0.05) is 39.7 Å². The molecule has 8 N–H and O–H groups in total. The molecule has 0 saturated heterocycles. The molecule has 4 aliphatic rings. The molecule has 0 saturated carbocycles. The number of aromatic nitrogens is 9. The van der Waals surface area contributed by atoms with Crippen molar-refractivity contribution in [3.05, 3.63) is 127 Å². The molecule has 0 fully saturated rings. The fourth-order valence-corrected chi connectivity index (χ4v) is 8.75. The molecular formula is C58H69N15O9. The fourth-order valence-electron chi connectivity index (χ4n) is 8.75. The second-order valence-electron chi connectivity index (χ2n) is 18.5. The van der Waals surface area contributed by atoms with Crippen LogP contribution < -0.4 is 74.5 Å². The lowest BCUT2D eigenvalue weighted by Crippen LogP contribution is -2.14. The molecule has 10 heterocycles. The molecule has 0 bridgehead atoms. The third-order valence-electron chi connectivity index (χ3n) is 13.1. The largest absolute Gasteiger partial charge is 0.493 e. The number of benzene rings is 4. The van der Waals surface area contributed by atoms with E-state index in [-0.39, 0.29) is 0 Å². The summed E-state index contributed by atoms with van der Waals surface area (Å²) in [6.07, 6.45) is 10.3. The maximum atomic E-state index is 5.70. The number of methoxy groups -OCH3 is 5. The van der Waals surface area contributed by atoms with E-state index < -0.39 is 0 Å². The van der Waals surface area contributed by atoms with Gasteiger partial charge in [0.15, 0.2) is 49.9 Å². The summed E-state index contributed by atoms with van der Waals surface area (Å²) in [6, 6.07) is 21.4. The molecule has 82 heavy (non-hydrogen) atoms. The van der Waals surface area contributed by atoms with Crippen LogP contribution in [0.15, 0.2) is 104 Å². The lowest BCUT2D eigenvalue weighted by molar-refractivity contribution is 0.317. The molecule has 24 nitrogen and oxygen atoms in total. The number of rotatable bonds is 5. The predicted molar refractivity (Wildman–Crippen MR) is 319 cm³/mol. The van der Waals surface area contributed by atoms with Gasteiger partial charge < -0.3 is 89.1 Å². The number of nitrogens with two attached hydrogens (primary N) is 2. The quantitative estimate of drug-likeness (QED) is 0.0876. The molecular weight excluding hydrogens is 1050 g/mol. The van der Waals surface area contributed by atoms with E-state index in [1.54, 1.807) is 73.1 Å². The van der Waals surface area contributed by atoms with Gasteiger partial charge in [-0.25, -0.2) is 29.9 Å². The molecule has 4 aliphatic heterocycles. The van der Waals surface area contributed by atoms with Gasteiger partial charge in [-0.1, -0.05) is 24.3 Å². The Morgan fingerprint density at radius 2 is 1.05 bits per heavy atom. The van der Waals surface area contributed by atoms with E-state index in [0.717, 1.165) is 118 Å². The van der Waals surface area contributed by atoms with Crippen molar-refractivity contribution >= 4 is 67.2 Å². The minimum Gasteiger partial charge on any atom is -0.493 e. The maximum Gasteiger partial charge on any atom is 0.259 e. The summed E-state index contributed by atoms with van der Waals surface area (Å²) < 4.78 is 48.9. The highest BCUT2D eigenvalue weighted by Crippen LogP contribution is 2.43. The monoisotopic (exact) mass is 1120 g/mol. The summed E-state index contributed by atoms with van der Waals surface area (Å²) >= 11 is 0. The summed E-state index contributed by atoms with van der Waals surface area (Å²) in [5.41, 5.74) is 27.1. The summed E-state index contributed by atoms with van der Waals surface area (Å²) in [6.45, 7) is 10.2. The highest BCUT2D eigenvalue weighted by Gasteiger charge is 2.23. The molecule has 0 radical (unpaired) electrons. The summed E-state index contributed by atoms with van der Waals surface area (Å²) in [5, 5.41) is 6.24. The predicted octanol–water partition coefficient (Wildman–Crippen LogP) is 9.17. The van der Waals surface area contributed by atoms with Crippen molar-refractivity contribution in [1.82, 2.24) is 44.4 Å². The molecule has 6 aromatic heterocycles.